The van der Waals surface area contributed by atoms with E-state index in [9.17, 15) is 13.2 Å². The summed E-state index contributed by atoms with van der Waals surface area (Å²) in [5, 5.41) is 2.84. The molecule has 0 bridgehead atoms. The van der Waals surface area contributed by atoms with Crippen LogP contribution in [0.1, 0.15) is 16.8 Å². The summed E-state index contributed by atoms with van der Waals surface area (Å²) in [5.74, 6) is -0.205. The molecular weight excluding hydrogens is 350 g/mol. The van der Waals surface area contributed by atoms with Gasteiger partial charge in [-0.15, -0.1) is 0 Å². The third-order valence-electron chi connectivity index (χ3n) is 3.96. The SMILES string of the molecule is CN(C)CCCNC(=O)c1ccc(S(=O)(=O)N(C)c2ccccc2)cc1. The van der Waals surface area contributed by atoms with Crippen molar-refractivity contribution in [2.24, 2.45) is 0 Å². The van der Waals surface area contributed by atoms with E-state index in [-0.39, 0.29) is 10.8 Å². The van der Waals surface area contributed by atoms with Crippen molar-refractivity contribution in [3.63, 3.8) is 0 Å². The molecule has 0 atom stereocenters. The van der Waals surface area contributed by atoms with Gasteiger partial charge in [-0.1, -0.05) is 18.2 Å². The normalized spacial score (nSPS) is 11.4. The molecule has 0 radical (unpaired) electrons. The predicted octanol–water partition coefficient (Wildman–Crippen LogP) is 2.19. The molecule has 2 aromatic rings. The number of carbonyl (C=O) groups is 1. The maximum Gasteiger partial charge on any atom is 0.264 e. The maximum absolute atomic E-state index is 12.7. The highest BCUT2D eigenvalue weighted by Gasteiger charge is 2.21. The number of rotatable bonds is 8. The molecule has 6 nitrogen and oxygen atoms in total. The molecule has 0 fully saturated rings. The van der Waals surface area contributed by atoms with Gasteiger partial charge in [0.1, 0.15) is 0 Å². The first kappa shape index (κ1) is 19.9. The van der Waals surface area contributed by atoms with Crippen LogP contribution in [0.15, 0.2) is 59.5 Å². The molecule has 0 aliphatic rings. The smallest absolute Gasteiger partial charge is 0.264 e. The second kappa shape index (κ2) is 8.82. The molecule has 2 aromatic carbocycles. The zero-order chi connectivity index (χ0) is 19.2. The summed E-state index contributed by atoms with van der Waals surface area (Å²) in [6.45, 7) is 1.47. The fourth-order valence-corrected chi connectivity index (χ4v) is 3.61. The summed E-state index contributed by atoms with van der Waals surface area (Å²) in [6.07, 6.45) is 0.854. The van der Waals surface area contributed by atoms with E-state index in [2.05, 4.69) is 10.2 Å². The van der Waals surface area contributed by atoms with Crippen molar-refractivity contribution in [2.75, 3.05) is 38.5 Å². The number of carbonyl (C=O) groups excluding carboxylic acids is 1. The van der Waals surface area contributed by atoms with Gasteiger partial charge < -0.3 is 10.2 Å². The number of amides is 1. The van der Waals surface area contributed by atoms with Crippen LogP contribution in [0.3, 0.4) is 0 Å². The lowest BCUT2D eigenvalue weighted by Gasteiger charge is -2.19. The molecule has 0 unspecified atom stereocenters. The summed E-state index contributed by atoms with van der Waals surface area (Å²) in [7, 11) is 1.80. The monoisotopic (exact) mass is 375 g/mol. The topological polar surface area (TPSA) is 69.7 Å². The van der Waals surface area contributed by atoms with E-state index >= 15 is 0 Å². The first-order chi connectivity index (χ1) is 12.3. The number of nitrogens with one attached hydrogen (secondary N) is 1. The van der Waals surface area contributed by atoms with Crippen LogP contribution in [0.5, 0.6) is 0 Å². The van der Waals surface area contributed by atoms with Crippen LogP contribution < -0.4 is 9.62 Å². The van der Waals surface area contributed by atoms with Crippen LogP contribution in [0, 0.1) is 0 Å². The van der Waals surface area contributed by atoms with E-state index in [1.165, 1.54) is 35.6 Å². The standard InChI is InChI=1S/C19H25N3O3S/c1-21(2)15-7-14-20-19(23)16-10-12-18(13-11-16)26(24,25)22(3)17-8-5-4-6-9-17/h4-6,8-13H,7,14-15H2,1-3H3,(H,20,23). The minimum Gasteiger partial charge on any atom is -0.352 e. The van der Waals surface area contributed by atoms with Crippen LogP contribution in [0.2, 0.25) is 0 Å². The lowest BCUT2D eigenvalue weighted by Crippen LogP contribution is -2.28. The van der Waals surface area contributed by atoms with Crippen molar-refractivity contribution in [2.45, 2.75) is 11.3 Å². The Bertz CT molecular complexity index is 819. The van der Waals surface area contributed by atoms with Crippen LogP contribution in [-0.2, 0) is 10.0 Å². The van der Waals surface area contributed by atoms with Crippen molar-refractivity contribution in [1.82, 2.24) is 10.2 Å². The Morgan fingerprint density at radius 2 is 1.58 bits per heavy atom. The second-order valence-corrected chi connectivity index (χ2v) is 8.21. The third kappa shape index (κ3) is 5.06. The zero-order valence-electron chi connectivity index (χ0n) is 15.3. The van der Waals surface area contributed by atoms with E-state index in [0.717, 1.165) is 13.0 Å². The Kier molecular flexibility index (Phi) is 6.76. The number of para-hydroxylation sites is 1. The van der Waals surface area contributed by atoms with Gasteiger partial charge in [-0.3, -0.25) is 9.10 Å². The fraction of sp³-hybridized carbons (Fsp3) is 0.316. The van der Waals surface area contributed by atoms with Crippen molar-refractivity contribution in [1.29, 1.82) is 0 Å². The molecule has 1 N–H and O–H groups in total. The highest BCUT2D eigenvalue weighted by Crippen LogP contribution is 2.21. The fourth-order valence-electron chi connectivity index (χ4n) is 2.41. The summed E-state index contributed by atoms with van der Waals surface area (Å²) < 4.78 is 26.6. The molecular formula is C19H25N3O3S. The minimum absolute atomic E-state index is 0.146. The molecule has 0 spiro atoms. The minimum atomic E-state index is -3.67. The van der Waals surface area contributed by atoms with Crippen LogP contribution in [0.25, 0.3) is 0 Å². The van der Waals surface area contributed by atoms with Gasteiger partial charge in [0.2, 0.25) is 0 Å². The Morgan fingerprint density at radius 3 is 2.15 bits per heavy atom. The van der Waals surface area contributed by atoms with Gasteiger partial charge in [0.15, 0.2) is 0 Å². The van der Waals surface area contributed by atoms with E-state index in [1.54, 1.807) is 24.3 Å². The van der Waals surface area contributed by atoms with Crippen molar-refractivity contribution >= 4 is 21.6 Å². The average Bonchev–Trinajstić information content (AvgIpc) is 2.65. The highest BCUT2D eigenvalue weighted by molar-refractivity contribution is 7.92. The zero-order valence-corrected chi connectivity index (χ0v) is 16.2. The van der Waals surface area contributed by atoms with Gasteiger partial charge in [-0.25, -0.2) is 8.42 Å². The van der Waals surface area contributed by atoms with Gasteiger partial charge in [-0.05, 0) is 63.5 Å². The number of benzene rings is 2. The van der Waals surface area contributed by atoms with Crippen molar-refractivity contribution < 1.29 is 13.2 Å². The second-order valence-electron chi connectivity index (χ2n) is 6.25. The maximum atomic E-state index is 12.7. The first-order valence-electron chi connectivity index (χ1n) is 8.39. The lowest BCUT2D eigenvalue weighted by atomic mass is 10.2. The molecule has 2 rings (SSSR count). The van der Waals surface area contributed by atoms with Crippen LogP contribution >= 0.6 is 0 Å². The summed E-state index contributed by atoms with van der Waals surface area (Å²) in [5.41, 5.74) is 1.02. The molecule has 0 saturated heterocycles. The molecule has 7 heteroatoms. The quantitative estimate of drug-likeness (QED) is 0.718. The lowest BCUT2D eigenvalue weighted by molar-refractivity contribution is 0.0952. The van der Waals surface area contributed by atoms with Crippen LogP contribution in [-0.4, -0.2) is 53.5 Å². The predicted molar refractivity (Wildman–Crippen MR) is 104 cm³/mol. The van der Waals surface area contributed by atoms with Gasteiger partial charge in [0.05, 0.1) is 10.6 Å². The van der Waals surface area contributed by atoms with E-state index in [1.807, 2.05) is 20.2 Å². The van der Waals surface area contributed by atoms with Gasteiger partial charge in [0, 0.05) is 19.2 Å². The Balaban J connectivity index is 2.05. The van der Waals surface area contributed by atoms with E-state index in [0.29, 0.717) is 17.8 Å². The Morgan fingerprint density at radius 1 is 0.962 bits per heavy atom. The third-order valence-corrected chi connectivity index (χ3v) is 5.76. The van der Waals surface area contributed by atoms with E-state index in [4.69, 9.17) is 0 Å². The van der Waals surface area contributed by atoms with Crippen molar-refractivity contribution in [3.05, 3.63) is 60.2 Å². The molecule has 1 amide bonds. The number of anilines is 1. The van der Waals surface area contributed by atoms with Gasteiger partial charge >= 0.3 is 0 Å². The first-order valence-corrected chi connectivity index (χ1v) is 9.83. The molecule has 0 heterocycles. The van der Waals surface area contributed by atoms with Gasteiger partial charge in [0.25, 0.3) is 15.9 Å². The number of hydrogen-bond donors (Lipinski definition) is 1. The molecule has 140 valence electrons. The summed E-state index contributed by atoms with van der Waals surface area (Å²) >= 11 is 0. The van der Waals surface area contributed by atoms with Crippen LogP contribution in [0.4, 0.5) is 5.69 Å². The van der Waals surface area contributed by atoms with E-state index < -0.39 is 10.0 Å². The largest absolute Gasteiger partial charge is 0.352 e. The number of hydrogen-bond acceptors (Lipinski definition) is 4. The molecule has 0 aliphatic heterocycles. The van der Waals surface area contributed by atoms with Crippen molar-refractivity contribution in [3.8, 4) is 0 Å². The highest BCUT2D eigenvalue weighted by atomic mass is 32.2. The summed E-state index contributed by atoms with van der Waals surface area (Å²) in [6, 6.07) is 14.8. The number of nitrogens with zero attached hydrogens (tertiary/aromatic N) is 2. The summed E-state index contributed by atoms with van der Waals surface area (Å²) in [4.78, 5) is 14.3. The Hall–Kier alpha value is -2.38. The molecule has 26 heavy (non-hydrogen) atoms. The molecule has 0 saturated carbocycles. The average molecular weight is 375 g/mol. The Labute approximate surface area is 155 Å². The molecule has 0 aromatic heterocycles. The number of sulfonamides is 1. The molecule has 0 aliphatic carbocycles. The van der Waals surface area contributed by atoms with Gasteiger partial charge in [-0.2, -0.15) is 0 Å².